The van der Waals surface area contributed by atoms with Crippen LogP contribution < -0.4 is 11.1 Å². The zero-order valence-electron chi connectivity index (χ0n) is 9.17. The van der Waals surface area contributed by atoms with E-state index in [2.05, 4.69) is 16.4 Å². The highest BCUT2D eigenvalue weighted by Gasteiger charge is 2.09. The van der Waals surface area contributed by atoms with Crippen LogP contribution >= 0.6 is 0 Å². The van der Waals surface area contributed by atoms with Crippen LogP contribution in [0.5, 0.6) is 0 Å². The second-order valence-electron chi connectivity index (χ2n) is 4.42. The summed E-state index contributed by atoms with van der Waals surface area (Å²) in [6.07, 6.45) is 4.62. The Kier molecular flexibility index (Phi) is 3.47. The van der Waals surface area contributed by atoms with Crippen molar-refractivity contribution in [3.63, 3.8) is 0 Å². The molecule has 0 bridgehead atoms. The van der Waals surface area contributed by atoms with Crippen molar-refractivity contribution in [3.05, 3.63) is 24.0 Å². The molecule has 1 aromatic rings. The summed E-state index contributed by atoms with van der Waals surface area (Å²) in [7, 11) is 0. The number of pyridine rings is 1. The molecule has 0 spiro atoms. The fraction of sp³-hybridized carbons (Fsp3) is 0.545. The van der Waals surface area contributed by atoms with Crippen LogP contribution in [-0.4, -0.2) is 17.1 Å². The molecule has 0 aromatic carbocycles. The minimum Gasteiger partial charge on any atom is -0.384 e. The molecule has 3 nitrogen and oxygen atoms in total. The summed E-state index contributed by atoms with van der Waals surface area (Å²) in [5.74, 6) is 0. The van der Waals surface area contributed by atoms with Crippen molar-refractivity contribution in [2.24, 2.45) is 5.73 Å². The molecule has 14 heavy (non-hydrogen) atoms. The fourth-order valence-corrected chi connectivity index (χ4v) is 1.18. The number of nitrogens with two attached hydrogens (primary N) is 1. The Morgan fingerprint density at radius 1 is 1.43 bits per heavy atom. The molecule has 0 aliphatic carbocycles. The summed E-state index contributed by atoms with van der Waals surface area (Å²) >= 11 is 0. The normalized spacial score (nSPS) is 11.4. The Morgan fingerprint density at radius 2 is 2.14 bits per heavy atom. The highest BCUT2D eigenvalue weighted by molar-refractivity contribution is 5.42. The lowest BCUT2D eigenvalue weighted by atomic mass is 10.0. The van der Waals surface area contributed by atoms with Crippen molar-refractivity contribution in [2.75, 3.05) is 11.9 Å². The summed E-state index contributed by atoms with van der Waals surface area (Å²) in [5.41, 5.74) is 8.00. The first-order chi connectivity index (χ1) is 6.47. The number of anilines is 1. The molecule has 1 aromatic heterocycles. The maximum Gasteiger partial charge on any atom is 0.0529 e. The van der Waals surface area contributed by atoms with Crippen LogP contribution in [0.1, 0.15) is 25.8 Å². The molecule has 0 atom stereocenters. The van der Waals surface area contributed by atoms with E-state index in [0.717, 1.165) is 18.7 Å². The maximum absolute atomic E-state index is 5.87. The van der Waals surface area contributed by atoms with Crippen molar-refractivity contribution < 1.29 is 0 Å². The Labute approximate surface area is 85.7 Å². The summed E-state index contributed by atoms with van der Waals surface area (Å²) in [6, 6.07) is 2.08. The van der Waals surface area contributed by atoms with Gasteiger partial charge in [0.25, 0.3) is 0 Å². The van der Waals surface area contributed by atoms with Gasteiger partial charge in [0.2, 0.25) is 0 Å². The number of nitrogens with zero attached hydrogens (tertiary/aromatic N) is 1. The summed E-state index contributed by atoms with van der Waals surface area (Å²) < 4.78 is 0. The zero-order valence-corrected chi connectivity index (χ0v) is 9.17. The van der Waals surface area contributed by atoms with Crippen LogP contribution in [0.15, 0.2) is 18.5 Å². The van der Waals surface area contributed by atoms with Crippen molar-refractivity contribution in [2.45, 2.75) is 32.7 Å². The van der Waals surface area contributed by atoms with E-state index in [1.165, 1.54) is 5.56 Å². The number of hydrogen-bond donors (Lipinski definition) is 2. The Hall–Kier alpha value is -1.09. The van der Waals surface area contributed by atoms with Gasteiger partial charge in [-0.25, -0.2) is 0 Å². The van der Waals surface area contributed by atoms with Gasteiger partial charge in [-0.15, -0.1) is 0 Å². The molecular formula is C11H19N3. The Bertz CT molecular complexity index is 289. The monoisotopic (exact) mass is 193 g/mol. The van der Waals surface area contributed by atoms with Crippen LogP contribution in [0.4, 0.5) is 5.69 Å². The van der Waals surface area contributed by atoms with Gasteiger partial charge in [0.05, 0.1) is 5.69 Å². The predicted octanol–water partition coefficient (Wildman–Crippen LogP) is 1.93. The molecule has 0 aliphatic heterocycles. The van der Waals surface area contributed by atoms with Gasteiger partial charge in [-0.2, -0.15) is 0 Å². The quantitative estimate of drug-likeness (QED) is 0.768. The topological polar surface area (TPSA) is 50.9 Å². The van der Waals surface area contributed by atoms with Gasteiger partial charge in [-0.1, -0.05) is 0 Å². The summed E-state index contributed by atoms with van der Waals surface area (Å²) in [6.45, 7) is 6.98. The van der Waals surface area contributed by atoms with E-state index >= 15 is 0 Å². The third kappa shape index (κ3) is 4.23. The lowest BCUT2D eigenvalue weighted by Crippen LogP contribution is -2.34. The molecule has 0 radical (unpaired) electrons. The van der Waals surface area contributed by atoms with Crippen molar-refractivity contribution in [1.29, 1.82) is 0 Å². The molecule has 0 unspecified atom stereocenters. The number of nitrogens with one attached hydrogen (secondary N) is 1. The molecule has 0 fully saturated rings. The molecule has 78 valence electrons. The first-order valence-corrected chi connectivity index (χ1v) is 4.92. The summed E-state index contributed by atoms with van der Waals surface area (Å²) in [4.78, 5) is 4.11. The predicted molar refractivity (Wildman–Crippen MR) is 60.3 cm³/mol. The van der Waals surface area contributed by atoms with E-state index in [1.807, 2.05) is 33.2 Å². The molecule has 3 N–H and O–H groups in total. The fourth-order valence-electron chi connectivity index (χ4n) is 1.18. The SMILES string of the molecule is Cc1cncc(NCCC(C)(C)N)c1. The molecule has 3 heteroatoms. The van der Waals surface area contributed by atoms with Crippen LogP contribution in [0.3, 0.4) is 0 Å². The number of aryl methyl sites for hydroxylation is 1. The van der Waals surface area contributed by atoms with Crippen LogP contribution in [-0.2, 0) is 0 Å². The van der Waals surface area contributed by atoms with Gasteiger partial charge < -0.3 is 11.1 Å². The smallest absolute Gasteiger partial charge is 0.0529 e. The Morgan fingerprint density at radius 3 is 2.71 bits per heavy atom. The average molecular weight is 193 g/mol. The van der Waals surface area contributed by atoms with E-state index in [9.17, 15) is 0 Å². The zero-order chi connectivity index (χ0) is 10.6. The molecule has 0 aliphatic rings. The summed E-state index contributed by atoms with van der Waals surface area (Å²) in [5, 5.41) is 3.30. The minimum absolute atomic E-state index is 0.107. The maximum atomic E-state index is 5.87. The van der Waals surface area contributed by atoms with Crippen molar-refractivity contribution in [3.8, 4) is 0 Å². The van der Waals surface area contributed by atoms with Gasteiger partial charge in [0, 0.05) is 24.5 Å². The van der Waals surface area contributed by atoms with Gasteiger partial charge in [0.15, 0.2) is 0 Å². The van der Waals surface area contributed by atoms with E-state index in [4.69, 9.17) is 5.73 Å². The van der Waals surface area contributed by atoms with Crippen LogP contribution in [0.25, 0.3) is 0 Å². The van der Waals surface area contributed by atoms with Crippen LogP contribution in [0, 0.1) is 6.92 Å². The molecule has 1 heterocycles. The first kappa shape index (κ1) is 11.0. The van der Waals surface area contributed by atoms with Gasteiger partial charge >= 0.3 is 0 Å². The minimum atomic E-state index is -0.107. The Balaban J connectivity index is 2.39. The van der Waals surface area contributed by atoms with E-state index < -0.39 is 0 Å². The second kappa shape index (κ2) is 4.42. The van der Waals surface area contributed by atoms with E-state index in [-0.39, 0.29) is 5.54 Å². The number of hydrogen-bond acceptors (Lipinski definition) is 3. The largest absolute Gasteiger partial charge is 0.384 e. The molecule has 0 saturated carbocycles. The van der Waals surface area contributed by atoms with Crippen molar-refractivity contribution >= 4 is 5.69 Å². The highest BCUT2D eigenvalue weighted by Crippen LogP contribution is 2.09. The highest BCUT2D eigenvalue weighted by atomic mass is 14.9. The van der Waals surface area contributed by atoms with Crippen LogP contribution in [0.2, 0.25) is 0 Å². The van der Waals surface area contributed by atoms with E-state index in [1.54, 1.807) is 0 Å². The first-order valence-electron chi connectivity index (χ1n) is 4.92. The van der Waals surface area contributed by atoms with Gasteiger partial charge in [0.1, 0.15) is 0 Å². The molecular weight excluding hydrogens is 174 g/mol. The standard InChI is InChI=1S/C11H19N3/c1-9-6-10(8-13-7-9)14-5-4-11(2,3)12/h6-8,14H,4-5,12H2,1-3H3. The number of rotatable bonds is 4. The lowest BCUT2D eigenvalue weighted by Gasteiger charge is -2.18. The number of aromatic nitrogens is 1. The van der Waals surface area contributed by atoms with E-state index in [0.29, 0.717) is 0 Å². The second-order valence-corrected chi connectivity index (χ2v) is 4.42. The molecule has 0 amide bonds. The molecule has 1 rings (SSSR count). The van der Waals surface area contributed by atoms with Gasteiger partial charge in [-0.3, -0.25) is 4.98 Å². The third-order valence-corrected chi connectivity index (χ3v) is 1.97. The van der Waals surface area contributed by atoms with Crippen molar-refractivity contribution in [1.82, 2.24) is 4.98 Å². The third-order valence-electron chi connectivity index (χ3n) is 1.97. The molecule has 0 saturated heterocycles. The average Bonchev–Trinajstić information content (AvgIpc) is 2.01. The van der Waals surface area contributed by atoms with Gasteiger partial charge in [-0.05, 0) is 38.8 Å². The lowest BCUT2D eigenvalue weighted by molar-refractivity contribution is 0.491.